The number of amides is 1. The van der Waals surface area contributed by atoms with Crippen LogP contribution in [0.3, 0.4) is 0 Å². The van der Waals surface area contributed by atoms with Crippen LogP contribution in [0.15, 0.2) is 0 Å². The molecule has 3 rings (SSSR count). The minimum atomic E-state index is -0.810. The molecule has 0 aromatic heterocycles. The zero-order valence-corrected chi connectivity index (χ0v) is 12.7. The lowest BCUT2D eigenvalue weighted by molar-refractivity contribution is -0.177. The molecular weight excluding hydrogens is 256 g/mol. The molecule has 1 saturated carbocycles. The van der Waals surface area contributed by atoms with Crippen LogP contribution in [-0.4, -0.2) is 42.9 Å². The van der Waals surface area contributed by atoms with Gasteiger partial charge in [0, 0.05) is 36.7 Å². The van der Waals surface area contributed by atoms with Crippen molar-refractivity contribution < 1.29 is 14.3 Å². The molecule has 3 atom stereocenters. The summed E-state index contributed by atoms with van der Waals surface area (Å²) in [7, 11) is 0. The van der Waals surface area contributed by atoms with Crippen LogP contribution in [0.5, 0.6) is 0 Å². The lowest BCUT2D eigenvalue weighted by Gasteiger charge is -2.61. The molecule has 0 radical (unpaired) electrons. The Kier molecular flexibility index (Phi) is 3.16. The summed E-state index contributed by atoms with van der Waals surface area (Å²) in [6.07, 6.45) is 2.71. The number of rotatable bonds is 2. The Morgan fingerprint density at radius 1 is 1.20 bits per heavy atom. The number of carbonyl (C=O) groups is 1. The SMILES string of the molecule is CC1(NC(=O)C2(N)C3CCOC3C2(C)C)CCOCC1. The highest BCUT2D eigenvalue weighted by Gasteiger charge is 2.71. The maximum absolute atomic E-state index is 12.8. The average Bonchev–Trinajstić information content (AvgIpc) is 2.86. The van der Waals surface area contributed by atoms with Gasteiger partial charge in [0.25, 0.3) is 0 Å². The first-order chi connectivity index (χ1) is 9.31. The fourth-order valence-electron chi connectivity index (χ4n) is 4.17. The Morgan fingerprint density at radius 2 is 1.85 bits per heavy atom. The van der Waals surface area contributed by atoms with E-state index in [-0.39, 0.29) is 28.9 Å². The Hall–Kier alpha value is -0.650. The lowest BCUT2D eigenvalue weighted by atomic mass is 9.47. The lowest BCUT2D eigenvalue weighted by Crippen LogP contribution is -2.81. The number of nitrogens with two attached hydrogens (primary N) is 1. The number of ether oxygens (including phenoxy) is 2. The molecule has 1 aliphatic carbocycles. The average molecular weight is 282 g/mol. The van der Waals surface area contributed by atoms with Gasteiger partial charge in [-0.2, -0.15) is 0 Å². The zero-order valence-electron chi connectivity index (χ0n) is 12.7. The maximum Gasteiger partial charge on any atom is 0.241 e. The molecule has 0 aromatic carbocycles. The van der Waals surface area contributed by atoms with Gasteiger partial charge < -0.3 is 20.5 Å². The van der Waals surface area contributed by atoms with E-state index in [9.17, 15) is 4.79 Å². The molecular formula is C15H26N2O3. The third-order valence-corrected chi connectivity index (χ3v) is 5.84. The molecule has 0 bridgehead atoms. The number of nitrogens with one attached hydrogen (secondary N) is 1. The quantitative estimate of drug-likeness (QED) is 0.786. The molecule has 0 spiro atoms. The van der Waals surface area contributed by atoms with Gasteiger partial charge in [0.2, 0.25) is 5.91 Å². The first-order valence-electron chi connectivity index (χ1n) is 7.62. The minimum absolute atomic E-state index is 0.0151. The summed E-state index contributed by atoms with van der Waals surface area (Å²) in [5.41, 5.74) is 5.25. The van der Waals surface area contributed by atoms with Gasteiger partial charge in [-0.3, -0.25) is 4.79 Å². The summed E-state index contributed by atoms with van der Waals surface area (Å²) in [5, 5.41) is 3.21. The zero-order chi connectivity index (χ0) is 14.6. The van der Waals surface area contributed by atoms with Crippen LogP contribution in [0.4, 0.5) is 0 Å². The predicted molar refractivity (Wildman–Crippen MR) is 75.1 cm³/mol. The van der Waals surface area contributed by atoms with Crippen LogP contribution >= 0.6 is 0 Å². The van der Waals surface area contributed by atoms with Gasteiger partial charge >= 0.3 is 0 Å². The first-order valence-corrected chi connectivity index (χ1v) is 7.62. The standard InChI is InChI=1S/C15H26N2O3/c1-13(2)11-10(4-7-20-11)15(13,16)12(18)17-14(3)5-8-19-9-6-14/h10-11H,4-9,16H2,1-3H3,(H,17,18). The van der Waals surface area contributed by atoms with Gasteiger partial charge in [-0.25, -0.2) is 0 Å². The van der Waals surface area contributed by atoms with Crippen LogP contribution in [-0.2, 0) is 14.3 Å². The second-order valence-electron chi connectivity index (χ2n) is 7.40. The van der Waals surface area contributed by atoms with Gasteiger partial charge in [-0.1, -0.05) is 13.8 Å². The molecule has 2 aliphatic heterocycles. The smallest absolute Gasteiger partial charge is 0.241 e. The van der Waals surface area contributed by atoms with Gasteiger partial charge in [-0.15, -0.1) is 0 Å². The van der Waals surface area contributed by atoms with Crippen LogP contribution < -0.4 is 11.1 Å². The Bertz CT molecular complexity index is 417. The molecule has 1 amide bonds. The molecule has 3 unspecified atom stereocenters. The normalized spacial score (nSPS) is 41.6. The monoisotopic (exact) mass is 282 g/mol. The molecule has 3 N–H and O–H groups in total. The van der Waals surface area contributed by atoms with Crippen molar-refractivity contribution in [1.29, 1.82) is 0 Å². The van der Waals surface area contributed by atoms with E-state index in [1.165, 1.54) is 0 Å². The molecule has 114 valence electrons. The topological polar surface area (TPSA) is 73.6 Å². The Morgan fingerprint density at radius 3 is 2.50 bits per heavy atom. The van der Waals surface area contributed by atoms with Crippen LogP contribution in [0.25, 0.3) is 0 Å². The van der Waals surface area contributed by atoms with Crippen molar-refractivity contribution in [3.05, 3.63) is 0 Å². The van der Waals surface area contributed by atoms with Crippen molar-refractivity contribution in [2.75, 3.05) is 19.8 Å². The summed E-state index contributed by atoms with van der Waals surface area (Å²) in [6.45, 7) is 8.30. The molecule has 20 heavy (non-hydrogen) atoms. The molecule has 3 aliphatic rings. The van der Waals surface area contributed by atoms with E-state index in [4.69, 9.17) is 15.2 Å². The van der Waals surface area contributed by atoms with E-state index in [1.54, 1.807) is 0 Å². The summed E-state index contributed by atoms with van der Waals surface area (Å²) in [6, 6.07) is 0. The number of carbonyl (C=O) groups excluding carboxylic acids is 1. The molecule has 5 nitrogen and oxygen atoms in total. The second-order valence-corrected chi connectivity index (χ2v) is 7.40. The summed E-state index contributed by atoms with van der Waals surface area (Å²) >= 11 is 0. The number of hydrogen-bond acceptors (Lipinski definition) is 4. The van der Waals surface area contributed by atoms with Gasteiger partial charge in [0.15, 0.2) is 0 Å². The molecule has 2 heterocycles. The number of hydrogen-bond donors (Lipinski definition) is 2. The van der Waals surface area contributed by atoms with Crippen molar-refractivity contribution in [2.45, 2.75) is 57.2 Å². The van der Waals surface area contributed by atoms with Gasteiger partial charge in [-0.05, 0) is 26.2 Å². The highest BCUT2D eigenvalue weighted by molar-refractivity contribution is 5.90. The van der Waals surface area contributed by atoms with E-state index in [0.717, 1.165) is 25.9 Å². The molecule has 5 heteroatoms. The fourth-order valence-corrected chi connectivity index (χ4v) is 4.17. The summed E-state index contributed by atoms with van der Waals surface area (Å²) in [4.78, 5) is 12.8. The molecule has 3 fully saturated rings. The largest absolute Gasteiger partial charge is 0.381 e. The maximum atomic E-state index is 12.8. The van der Waals surface area contributed by atoms with Crippen molar-refractivity contribution in [3.63, 3.8) is 0 Å². The first kappa shape index (κ1) is 14.3. The Labute approximate surface area is 120 Å². The van der Waals surface area contributed by atoms with Crippen molar-refractivity contribution in [3.8, 4) is 0 Å². The highest BCUT2D eigenvalue weighted by atomic mass is 16.5. The minimum Gasteiger partial charge on any atom is -0.381 e. The van der Waals surface area contributed by atoms with Crippen LogP contribution in [0, 0.1) is 11.3 Å². The molecule has 2 saturated heterocycles. The third kappa shape index (κ3) is 1.76. The van der Waals surface area contributed by atoms with E-state index in [2.05, 4.69) is 12.2 Å². The van der Waals surface area contributed by atoms with E-state index < -0.39 is 5.54 Å². The number of fused-ring (bicyclic) bond motifs is 1. The van der Waals surface area contributed by atoms with Crippen molar-refractivity contribution in [2.24, 2.45) is 17.1 Å². The van der Waals surface area contributed by atoms with Crippen molar-refractivity contribution >= 4 is 5.91 Å². The fraction of sp³-hybridized carbons (Fsp3) is 0.933. The van der Waals surface area contributed by atoms with Crippen molar-refractivity contribution in [1.82, 2.24) is 5.32 Å². The predicted octanol–water partition coefficient (Wildman–Crippen LogP) is 0.814. The summed E-state index contributed by atoms with van der Waals surface area (Å²) in [5.74, 6) is 0.139. The Balaban J connectivity index is 1.76. The third-order valence-electron chi connectivity index (χ3n) is 5.84. The highest BCUT2D eigenvalue weighted by Crippen LogP contribution is 2.58. The van der Waals surface area contributed by atoms with Gasteiger partial charge in [0.05, 0.1) is 6.10 Å². The second kappa shape index (κ2) is 4.42. The van der Waals surface area contributed by atoms with Gasteiger partial charge in [0.1, 0.15) is 5.54 Å². The van der Waals surface area contributed by atoms with Crippen LogP contribution in [0.1, 0.15) is 40.0 Å². The molecule has 0 aromatic rings. The van der Waals surface area contributed by atoms with E-state index >= 15 is 0 Å². The van der Waals surface area contributed by atoms with Crippen LogP contribution in [0.2, 0.25) is 0 Å². The van der Waals surface area contributed by atoms with E-state index in [1.807, 2.05) is 13.8 Å². The van der Waals surface area contributed by atoms with E-state index in [0.29, 0.717) is 13.2 Å². The summed E-state index contributed by atoms with van der Waals surface area (Å²) < 4.78 is 11.1.